The van der Waals surface area contributed by atoms with Crippen molar-refractivity contribution in [2.24, 2.45) is 0 Å². The van der Waals surface area contributed by atoms with Crippen molar-refractivity contribution in [1.82, 2.24) is 9.78 Å². The van der Waals surface area contributed by atoms with Crippen LogP contribution in [0.5, 0.6) is 0 Å². The second-order valence-electron chi connectivity index (χ2n) is 3.29. The molecule has 0 N–H and O–H groups in total. The summed E-state index contributed by atoms with van der Waals surface area (Å²) in [4.78, 5) is 10.5. The number of nitro benzene ring substituents is 1. The van der Waals surface area contributed by atoms with Gasteiger partial charge >= 0.3 is 0 Å². The van der Waals surface area contributed by atoms with Crippen LogP contribution in [-0.4, -0.2) is 14.7 Å². The van der Waals surface area contributed by atoms with Crippen molar-refractivity contribution in [3.05, 3.63) is 50.7 Å². The summed E-state index contributed by atoms with van der Waals surface area (Å²) in [5.41, 5.74) is 1.30. The van der Waals surface area contributed by atoms with Crippen molar-refractivity contribution >= 4 is 21.6 Å². The minimum Gasteiger partial charge on any atom is -0.258 e. The summed E-state index contributed by atoms with van der Waals surface area (Å²) in [7, 11) is 0. The standard InChI is InChI=1S/C10H8BrN3O2/c1-7-4-5-13(12-7)9-3-2-8(11)6-10(9)14(15)16/h2-6H,1H3. The SMILES string of the molecule is Cc1ccn(-c2ccc(Br)cc2[N+](=O)[O-])n1. The quantitative estimate of drug-likeness (QED) is 0.628. The highest BCUT2D eigenvalue weighted by atomic mass is 79.9. The second kappa shape index (κ2) is 4.05. The molecule has 0 aliphatic heterocycles. The average molecular weight is 282 g/mol. The molecule has 5 nitrogen and oxygen atoms in total. The van der Waals surface area contributed by atoms with Crippen molar-refractivity contribution in [3.8, 4) is 5.69 Å². The number of hydrogen-bond acceptors (Lipinski definition) is 3. The molecule has 0 atom stereocenters. The molecule has 0 bridgehead atoms. The Bertz CT molecular complexity index is 551. The Kier molecular flexibility index (Phi) is 2.74. The molecule has 1 heterocycles. The van der Waals surface area contributed by atoms with E-state index in [2.05, 4.69) is 21.0 Å². The summed E-state index contributed by atoms with van der Waals surface area (Å²) >= 11 is 3.21. The van der Waals surface area contributed by atoms with Gasteiger partial charge in [0.25, 0.3) is 5.69 Å². The van der Waals surface area contributed by atoms with Gasteiger partial charge < -0.3 is 0 Å². The van der Waals surface area contributed by atoms with E-state index in [1.54, 1.807) is 24.4 Å². The third-order valence-corrected chi connectivity index (χ3v) is 2.60. The molecule has 0 aliphatic rings. The molecule has 2 rings (SSSR count). The molecule has 0 fully saturated rings. The fourth-order valence-corrected chi connectivity index (χ4v) is 1.73. The molecule has 0 spiro atoms. The van der Waals surface area contributed by atoms with E-state index < -0.39 is 4.92 Å². The fourth-order valence-electron chi connectivity index (χ4n) is 1.39. The monoisotopic (exact) mass is 281 g/mol. The number of nitrogens with zero attached hydrogens (tertiary/aromatic N) is 3. The van der Waals surface area contributed by atoms with Crippen LogP contribution in [0.15, 0.2) is 34.9 Å². The molecular weight excluding hydrogens is 274 g/mol. The van der Waals surface area contributed by atoms with Gasteiger partial charge in [-0.25, -0.2) is 4.68 Å². The lowest BCUT2D eigenvalue weighted by atomic mass is 10.3. The Hall–Kier alpha value is -1.69. The number of halogens is 1. The van der Waals surface area contributed by atoms with E-state index in [1.807, 2.05) is 6.92 Å². The molecule has 1 aromatic carbocycles. The zero-order chi connectivity index (χ0) is 11.7. The molecule has 0 saturated heterocycles. The van der Waals surface area contributed by atoms with E-state index >= 15 is 0 Å². The molecular formula is C10H8BrN3O2. The van der Waals surface area contributed by atoms with E-state index in [1.165, 1.54) is 10.7 Å². The van der Waals surface area contributed by atoms with Crippen LogP contribution in [0.3, 0.4) is 0 Å². The highest BCUT2D eigenvalue weighted by Gasteiger charge is 2.16. The molecule has 0 amide bonds. The van der Waals surface area contributed by atoms with Crippen LogP contribution < -0.4 is 0 Å². The van der Waals surface area contributed by atoms with Crippen molar-refractivity contribution in [2.75, 3.05) is 0 Å². The van der Waals surface area contributed by atoms with Crippen molar-refractivity contribution < 1.29 is 4.92 Å². The van der Waals surface area contributed by atoms with Gasteiger partial charge in [-0.1, -0.05) is 15.9 Å². The first-order valence-corrected chi connectivity index (χ1v) is 5.34. The molecule has 82 valence electrons. The average Bonchev–Trinajstić information content (AvgIpc) is 2.64. The number of benzene rings is 1. The lowest BCUT2D eigenvalue weighted by Gasteiger charge is -2.02. The van der Waals surface area contributed by atoms with Crippen molar-refractivity contribution in [1.29, 1.82) is 0 Å². The van der Waals surface area contributed by atoms with E-state index in [0.717, 1.165) is 5.69 Å². The highest BCUT2D eigenvalue weighted by Crippen LogP contribution is 2.26. The first kappa shape index (κ1) is 10.8. The Morgan fingerprint density at radius 3 is 2.75 bits per heavy atom. The summed E-state index contributed by atoms with van der Waals surface area (Å²) in [5.74, 6) is 0. The van der Waals surface area contributed by atoms with Crippen LogP contribution in [0.2, 0.25) is 0 Å². The summed E-state index contributed by atoms with van der Waals surface area (Å²) in [5, 5.41) is 15.0. The third kappa shape index (κ3) is 1.96. The Morgan fingerprint density at radius 1 is 1.44 bits per heavy atom. The minimum absolute atomic E-state index is 0.0254. The van der Waals surface area contributed by atoms with Gasteiger partial charge in [0, 0.05) is 16.7 Å². The molecule has 0 radical (unpaired) electrons. The van der Waals surface area contributed by atoms with Gasteiger partial charge in [-0.15, -0.1) is 0 Å². The van der Waals surface area contributed by atoms with Gasteiger partial charge in [0.15, 0.2) is 0 Å². The van der Waals surface area contributed by atoms with Gasteiger partial charge in [0.2, 0.25) is 0 Å². The second-order valence-corrected chi connectivity index (χ2v) is 4.21. The van der Waals surface area contributed by atoms with Crippen LogP contribution in [0, 0.1) is 17.0 Å². The Labute approximate surface area is 100.0 Å². The molecule has 1 aromatic heterocycles. The molecule has 2 aromatic rings. The number of aromatic nitrogens is 2. The Morgan fingerprint density at radius 2 is 2.19 bits per heavy atom. The summed E-state index contributed by atoms with van der Waals surface area (Å²) in [6.07, 6.45) is 1.70. The smallest absolute Gasteiger partial charge is 0.258 e. The molecule has 0 aliphatic carbocycles. The third-order valence-electron chi connectivity index (χ3n) is 2.10. The van der Waals surface area contributed by atoms with Crippen molar-refractivity contribution in [3.63, 3.8) is 0 Å². The maximum atomic E-state index is 10.9. The van der Waals surface area contributed by atoms with Gasteiger partial charge in [-0.3, -0.25) is 10.1 Å². The number of nitro groups is 1. The van der Waals surface area contributed by atoms with Gasteiger partial charge in [-0.05, 0) is 25.1 Å². The highest BCUT2D eigenvalue weighted by molar-refractivity contribution is 9.10. The molecule has 16 heavy (non-hydrogen) atoms. The van der Waals surface area contributed by atoms with E-state index in [9.17, 15) is 10.1 Å². The number of rotatable bonds is 2. The Balaban J connectivity index is 2.60. The van der Waals surface area contributed by atoms with E-state index in [4.69, 9.17) is 0 Å². The summed E-state index contributed by atoms with van der Waals surface area (Å²) in [6, 6.07) is 6.67. The normalized spacial score (nSPS) is 10.4. The maximum absolute atomic E-state index is 10.9. The lowest BCUT2D eigenvalue weighted by Crippen LogP contribution is -2.00. The topological polar surface area (TPSA) is 61.0 Å². The first-order chi connectivity index (χ1) is 7.58. The predicted molar refractivity (Wildman–Crippen MR) is 62.7 cm³/mol. The minimum atomic E-state index is -0.420. The molecule has 0 saturated carbocycles. The fraction of sp³-hybridized carbons (Fsp3) is 0.100. The molecule has 0 unspecified atom stereocenters. The zero-order valence-electron chi connectivity index (χ0n) is 8.42. The number of aryl methyl sites for hydroxylation is 1. The number of hydrogen-bond donors (Lipinski definition) is 0. The van der Waals surface area contributed by atoms with E-state index in [0.29, 0.717) is 10.2 Å². The predicted octanol–water partition coefficient (Wildman–Crippen LogP) is 2.85. The van der Waals surface area contributed by atoms with Crippen LogP contribution in [-0.2, 0) is 0 Å². The van der Waals surface area contributed by atoms with Gasteiger partial charge in [0.05, 0.1) is 10.6 Å². The van der Waals surface area contributed by atoms with Gasteiger partial charge in [-0.2, -0.15) is 5.10 Å². The zero-order valence-corrected chi connectivity index (χ0v) is 10.0. The largest absolute Gasteiger partial charge is 0.295 e. The van der Waals surface area contributed by atoms with Crippen molar-refractivity contribution in [2.45, 2.75) is 6.92 Å². The van der Waals surface area contributed by atoms with Crippen LogP contribution >= 0.6 is 15.9 Å². The van der Waals surface area contributed by atoms with Crippen LogP contribution in [0.1, 0.15) is 5.69 Å². The lowest BCUT2D eigenvalue weighted by molar-refractivity contribution is -0.384. The van der Waals surface area contributed by atoms with Gasteiger partial charge in [0.1, 0.15) is 5.69 Å². The first-order valence-electron chi connectivity index (χ1n) is 4.54. The van der Waals surface area contributed by atoms with Crippen LogP contribution in [0.25, 0.3) is 5.69 Å². The molecule has 6 heteroatoms. The maximum Gasteiger partial charge on any atom is 0.295 e. The summed E-state index contributed by atoms with van der Waals surface area (Å²) in [6.45, 7) is 1.83. The van der Waals surface area contributed by atoms with Crippen LogP contribution in [0.4, 0.5) is 5.69 Å². The summed E-state index contributed by atoms with van der Waals surface area (Å²) < 4.78 is 2.17. The van der Waals surface area contributed by atoms with E-state index in [-0.39, 0.29) is 5.69 Å².